The summed E-state index contributed by atoms with van der Waals surface area (Å²) in [5.41, 5.74) is -1.57. The Hall–Kier alpha value is -0.680. The Kier molecular flexibility index (Phi) is 5.53. The quantitative estimate of drug-likeness (QED) is 0.779. The number of aliphatic hydroxyl groups is 1. The number of carbonyl (C=O) groups is 1. The molecular weight excluding hydrogens is 237 g/mol. The van der Waals surface area contributed by atoms with Gasteiger partial charge in [-0.2, -0.15) is 0 Å². The summed E-state index contributed by atoms with van der Waals surface area (Å²) in [5.74, 6) is -0.946. The van der Waals surface area contributed by atoms with Crippen LogP contribution in [0.5, 0.6) is 0 Å². The van der Waals surface area contributed by atoms with Gasteiger partial charge in [0.25, 0.3) is 0 Å². The molecule has 106 valence electrons. The molecule has 1 aliphatic rings. The molecule has 2 unspecified atom stereocenters. The zero-order valence-corrected chi connectivity index (χ0v) is 11.5. The van der Waals surface area contributed by atoms with Gasteiger partial charge in [0, 0.05) is 12.6 Å². The van der Waals surface area contributed by atoms with E-state index in [1.165, 1.54) is 0 Å². The molecule has 0 amide bonds. The maximum absolute atomic E-state index is 14.0. The number of halogens is 1. The number of likely N-dealkylation sites (tertiary alicyclic amines) is 1. The number of carbonyl (C=O) groups excluding carboxylic acids is 1. The second-order valence-electron chi connectivity index (χ2n) is 5.20. The normalized spacial score (nSPS) is 27.9. The third-order valence-corrected chi connectivity index (χ3v) is 3.58. The van der Waals surface area contributed by atoms with Gasteiger partial charge >= 0.3 is 5.97 Å². The van der Waals surface area contributed by atoms with Crippen molar-refractivity contribution in [2.45, 2.75) is 57.8 Å². The van der Waals surface area contributed by atoms with E-state index in [9.17, 15) is 14.3 Å². The van der Waals surface area contributed by atoms with E-state index in [1.807, 2.05) is 0 Å². The van der Waals surface area contributed by atoms with E-state index >= 15 is 0 Å². The van der Waals surface area contributed by atoms with Crippen molar-refractivity contribution < 1.29 is 19.0 Å². The molecule has 2 atom stereocenters. The van der Waals surface area contributed by atoms with Crippen LogP contribution in [0.2, 0.25) is 0 Å². The number of hydrogen-bond acceptors (Lipinski definition) is 4. The molecule has 1 saturated heterocycles. The van der Waals surface area contributed by atoms with Gasteiger partial charge < -0.3 is 14.7 Å². The lowest BCUT2D eigenvalue weighted by Crippen LogP contribution is -2.46. The molecule has 1 N–H and O–H groups in total. The van der Waals surface area contributed by atoms with Crippen molar-refractivity contribution in [2.75, 3.05) is 19.7 Å². The summed E-state index contributed by atoms with van der Waals surface area (Å²) in [6.07, 6.45) is -0.680. The molecule has 1 heterocycles. The maximum atomic E-state index is 14.0. The van der Waals surface area contributed by atoms with E-state index in [0.717, 1.165) is 6.54 Å². The molecule has 0 bridgehead atoms. The number of nitrogens with zero attached hydrogens (tertiary/aromatic N) is 1. The fraction of sp³-hybridized carbons (Fsp3) is 0.923. The largest absolute Gasteiger partial charge is 0.464 e. The van der Waals surface area contributed by atoms with Crippen molar-refractivity contribution >= 4 is 5.97 Å². The maximum Gasteiger partial charge on any atom is 0.343 e. The Morgan fingerprint density at radius 2 is 2.11 bits per heavy atom. The first-order valence-electron chi connectivity index (χ1n) is 6.68. The number of ether oxygens (including phenoxy) is 1. The van der Waals surface area contributed by atoms with Crippen molar-refractivity contribution in [3.8, 4) is 0 Å². The van der Waals surface area contributed by atoms with Gasteiger partial charge in [0.1, 0.15) is 5.60 Å². The van der Waals surface area contributed by atoms with E-state index in [4.69, 9.17) is 0 Å². The predicted molar refractivity (Wildman–Crippen MR) is 67.0 cm³/mol. The van der Waals surface area contributed by atoms with E-state index in [1.54, 1.807) is 6.92 Å². The Morgan fingerprint density at radius 1 is 1.44 bits per heavy atom. The molecule has 0 aromatic carbocycles. The van der Waals surface area contributed by atoms with Gasteiger partial charge in [-0.05, 0) is 46.6 Å². The average molecular weight is 261 g/mol. The van der Waals surface area contributed by atoms with Crippen LogP contribution in [0.15, 0.2) is 0 Å². The summed E-state index contributed by atoms with van der Waals surface area (Å²) >= 11 is 0. The number of esters is 1. The summed E-state index contributed by atoms with van der Waals surface area (Å²) in [6.45, 7) is 7.34. The molecular formula is C13H24FNO3. The fourth-order valence-electron chi connectivity index (χ4n) is 2.37. The third kappa shape index (κ3) is 3.65. The molecule has 4 nitrogen and oxygen atoms in total. The van der Waals surface area contributed by atoms with Crippen molar-refractivity contribution in [3.05, 3.63) is 0 Å². The summed E-state index contributed by atoms with van der Waals surface area (Å²) in [4.78, 5) is 13.6. The minimum atomic E-state index is -1.94. The molecule has 5 heteroatoms. The van der Waals surface area contributed by atoms with Crippen LogP contribution in [0, 0.1) is 0 Å². The van der Waals surface area contributed by atoms with Gasteiger partial charge in [0.2, 0.25) is 6.17 Å². The fourth-order valence-corrected chi connectivity index (χ4v) is 2.37. The van der Waals surface area contributed by atoms with Gasteiger partial charge in [0.05, 0.1) is 6.61 Å². The molecule has 0 radical (unpaired) electrons. The highest BCUT2D eigenvalue weighted by atomic mass is 19.1. The van der Waals surface area contributed by atoms with E-state index in [0.29, 0.717) is 25.4 Å². The predicted octanol–water partition coefficient (Wildman–Crippen LogP) is 1.51. The van der Waals surface area contributed by atoms with Gasteiger partial charge in [-0.1, -0.05) is 0 Å². The van der Waals surface area contributed by atoms with Crippen molar-refractivity contribution in [1.29, 1.82) is 0 Å². The molecule has 0 aromatic rings. The highest BCUT2D eigenvalue weighted by molar-refractivity contribution is 5.76. The molecule has 1 aliphatic heterocycles. The zero-order chi connectivity index (χ0) is 13.8. The van der Waals surface area contributed by atoms with Crippen molar-refractivity contribution in [3.63, 3.8) is 0 Å². The zero-order valence-electron chi connectivity index (χ0n) is 11.5. The second-order valence-corrected chi connectivity index (χ2v) is 5.20. The Balaban J connectivity index is 2.66. The number of rotatable bonds is 4. The smallest absolute Gasteiger partial charge is 0.343 e. The summed E-state index contributed by atoms with van der Waals surface area (Å²) < 4.78 is 18.7. The van der Waals surface area contributed by atoms with Crippen LogP contribution >= 0.6 is 0 Å². The van der Waals surface area contributed by atoms with Crippen molar-refractivity contribution in [2.24, 2.45) is 0 Å². The minimum Gasteiger partial charge on any atom is -0.464 e. The number of alkyl halides is 1. The molecule has 0 saturated carbocycles. The van der Waals surface area contributed by atoms with Crippen LogP contribution in [-0.4, -0.2) is 53.5 Å². The molecule has 1 fully saturated rings. The molecule has 0 spiro atoms. The van der Waals surface area contributed by atoms with Crippen LogP contribution in [-0.2, 0) is 9.53 Å². The van der Waals surface area contributed by atoms with Gasteiger partial charge in [-0.3, -0.25) is 0 Å². The first-order chi connectivity index (χ1) is 8.40. The lowest BCUT2D eigenvalue weighted by atomic mass is 9.89. The Bertz CT molecular complexity index is 285. The first-order valence-corrected chi connectivity index (χ1v) is 6.68. The van der Waals surface area contributed by atoms with Gasteiger partial charge in [-0.15, -0.1) is 0 Å². The van der Waals surface area contributed by atoms with Crippen LogP contribution in [0.3, 0.4) is 0 Å². The standard InChI is InChI=1S/C13H24FNO3/c1-4-18-12(16)11(14)13(17)6-5-8-15(9-7-13)10(2)3/h10-11,17H,4-9H2,1-3H3. The van der Waals surface area contributed by atoms with Gasteiger partial charge in [-0.25, -0.2) is 9.18 Å². The SMILES string of the molecule is CCOC(=O)C(F)C1(O)CCCN(C(C)C)CC1. The molecule has 0 aliphatic carbocycles. The van der Waals surface area contributed by atoms with E-state index in [2.05, 4.69) is 23.5 Å². The summed E-state index contributed by atoms with van der Waals surface area (Å²) in [6, 6.07) is 0.369. The monoisotopic (exact) mass is 261 g/mol. The molecule has 0 aromatic heterocycles. The second kappa shape index (κ2) is 6.48. The van der Waals surface area contributed by atoms with Crippen molar-refractivity contribution in [1.82, 2.24) is 4.90 Å². The van der Waals surface area contributed by atoms with E-state index < -0.39 is 17.7 Å². The van der Waals surface area contributed by atoms with Gasteiger partial charge in [0.15, 0.2) is 0 Å². The summed E-state index contributed by atoms with van der Waals surface area (Å²) in [7, 11) is 0. The first kappa shape index (κ1) is 15.4. The minimum absolute atomic E-state index is 0.132. The third-order valence-electron chi connectivity index (χ3n) is 3.58. The molecule has 1 rings (SSSR count). The Labute approximate surface area is 108 Å². The highest BCUT2D eigenvalue weighted by Crippen LogP contribution is 2.29. The lowest BCUT2D eigenvalue weighted by molar-refractivity contribution is -0.161. The lowest BCUT2D eigenvalue weighted by Gasteiger charge is -2.29. The van der Waals surface area contributed by atoms with Crippen LogP contribution in [0.1, 0.15) is 40.0 Å². The van der Waals surface area contributed by atoms with Crippen LogP contribution < -0.4 is 0 Å². The molecule has 18 heavy (non-hydrogen) atoms. The van der Waals surface area contributed by atoms with Crippen LogP contribution in [0.25, 0.3) is 0 Å². The average Bonchev–Trinajstić information content (AvgIpc) is 2.51. The highest BCUT2D eigenvalue weighted by Gasteiger charge is 2.43. The van der Waals surface area contributed by atoms with E-state index in [-0.39, 0.29) is 13.0 Å². The Morgan fingerprint density at radius 3 is 2.67 bits per heavy atom. The number of hydrogen-bond donors (Lipinski definition) is 1. The van der Waals surface area contributed by atoms with Crippen LogP contribution in [0.4, 0.5) is 4.39 Å². The summed E-state index contributed by atoms with van der Waals surface area (Å²) in [5, 5.41) is 10.3. The topological polar surface area (TPSA) is 49.8 Å².